The van der Waals surface area contributed by atoms with Crippen molar-refractivity contribution in [2.24, 2.45) is 5.73 Å². The van der Waals surface area contributed by atoms with Crippen molar-refractivity contribution in [3.05, 3.63) is 138 Å². The number of H-pyrrole nitrogens is 3. The molecule has 6 heterocycles. The van der Waals surface area contributed by atoms with Crippen molar-refractivity contribution in [3.8, 4) is 5.75 Å². The van der Waals surface area contributed by atoms with Crippen LogP contribution in [0.4, 0.5) is 0 Å². The smallest absolute Gasteiger partial charge is 0.305 e. The van der Waals surface area contributed by atoms with Crippen molar-refractivity contribution in [1.29, 1.82) is 0 Å². The predicted molar refractivity (Wildman–Crippen MR) is 351 cm³/mol. The first-order chi connectivity index (χ1) is 46.1. The summed E-state index contributed by atoms with van der Waals surface area (Å²) in [7, 11) is 0. The van der Waals surface area contributed by atoms with Gasteiger partial charge in [-0.05, 0) is 71.7 Å². The van der Waals surface area contributed by atoms with E-state index in [-0.39, 0.29) is 50.0 Å². The summed E-state index contributed by atoms with van der Waals surface area (Å²) in [5.74, 6) is -11.8. The van der Waals surface area contributed by atoms with E-state index in [0.29, 0.717) is 62.2 Å². The number of aromatic nitrogens is 5. The van der Waals surface area contributed by atoms with Crippen molar-refractivity contribution >= 4 is 120 Å². The lowest BCUT2D eigenvalue weighted by molar-refractivity contribution is -0.142. The Labute approximate surface area is 555 Å². The van der Waals surface area contributed by atoms with Crippen molar-refractivity contribution in [1.82, 2.24) is 72.4 Å². The number of para-hydroxylation sites is 2. The molecule has 0 aliphatic carbocycles. The van der Waals surface area contributed by atoms with Crippen LogP contribution in [0, 0.1) is 0 Å². The van der Waals surface area contributed by atoms with Crippen LogP contribution in [0.25, 0.3) is 31.9 Å². The number of carboxylic acid groups (broad SMARTS) is 1. The van der Waals surface area contributed by atoms with E-state index in [4.69, 9.17) is 5.73 Å². The molecule has 5 aromatic heterocycles. The van der Waals surface area contributed by atoms with Crippen LogP contribution in [-0.4, -0.2) is 183 Å². The minimum Gasteiger partial charge on any atom is -0.508 e. The number of amides is 10. The summed E-state index contributed by atoms with van der Waals surface area (Å²) in [4.78, 5) is 168. The van der Waals surface area contributed by atoms with E-state index in [2.05, 4.69) is 67.8 Å². The molecular weight excluding hydrogens is 1280 g/mol. The molecule has 0 saturated heterocycles. The molecule has 0 unspecified atom stereocenters. The maximum absolute atomic E-state index is 15.2. The second kappa shape index (κ2) is 32.5. The number of fused-ring (bicyclic) bond motifs is 5. The van der Waals surface area contributed by atoms with E-state index in [1.807, 2.05) is 40.4 Å². The Balaban J connectivity index is 1.09. The van der Waals surface area contributed by atoms with E-state index in [0.717, 1.165) is 17.0 Å². The molecule has 96 heavy (non-hydrogen) atoms. The standard InChI is InChI=1S/C64H73N15O15S2/c1-33(82)70-44-12-6-7-18-79-28-53-41(17-19-95-53)64(79)96-31-52(55(65)86)78-59(90)47(22-36-26-68-43-11-5-3-9-40(36)43)72-57(88)45(20-34-13-15-38(83)16-14-34)71-60(91)48(23-37-27-66-32-69-37)74-58(89)46(21-35-25-67-42-10-4-2-8-39(35)42)73-62(93)51(30-81)77-61(92)49(24-54(84)85)75-63(94)50(29-80)76-56(44)87/h2-5,8-11,13-17,19,25-28,32,44-52,67-68,80-81,83H,6-7,12,18,20-24,29-31H2,1H3,(H2,65,86)(H,66,69)(H,70,82)(H,71,91)(H,72,88)(H,73,93)(H,74,89)(H,75,94)(H,76,87)(H,77,92)(H,78,90)(H,84,85)/t44-,45-,46-,47-,48-,49-,50-,51-,52-/m0/s1. The molecule has 30 nitrogen and oxygen atoms in total. The number of aromatic hydroxyl groups is 1. The average Bonchev–Trinajstić information content (AvgIpc) is 1.68. The van der Waals surface area contributed by atoms with Crippen molar-refractivity contribution < 1.29 is 73.2 Å². The van der Waals surface area contributed by atoms with Gasteiger partial charge < -0.3 is 93.5 Å². The number of nitrogens with zero attached hydrogens (tertiary/aromatic N) is 2. The summed E-state index contributed by atoms with van der Waals surface area (Å²) in [6.07, 6.45) is 6.34. The Bertz CT molecular complexity index is 4130. The van der Waals surface area contributed by atoms with Gasteiger partial charge in [-0.2, -0.15) is 0 Å². The molecule has 3 aromatic carbocycles. The van der Waals surface area contributed by atoms with Crippen LogP contribution in [-0.2, 0) is 85.0 Å². The number of aromatic amines is 3. The fourth-order valence-corrected chi connectivity index (χ4v) is 13.2. The number of aliphatic hydroxyl groups excluding tert-OH is 2. The predicted octanol–water partition coefficient (Wildman–Crippen LogP) is -0.331. The number of carboxylic acids is 1. The Kier molecular flexibility index (Phi) is 23.6. The largest absolute Gasteiger partial charge is 0.508 e. The van der Waals surface area contributed by atoms with E-state index in [1.54, 1.807) is 42.7 Å². The number of aliphatic hydroxyl groups is 2. The third-order valence-electron chi connectivity index (χ3n) is 16.1. The first kappa shape index (κ1) is 69.8. The molecule has 0 spiro atoms. The SMILES string of the molecule is CC(=O)N[C@H]1CCCCn2cc3sccc3c2SC[C@@H](C(N)=O)NC(=O)[C@H](Cc2c[nH]c3ccccc23)NC(=O)[C@H](Cc2ccc(O)cc2)NC(=O)[C@H](Cc2cnc[nH]2)NC(=O)[C@H](Cc2c[nH]c3ccccc23)NC(=O)[C@H](CO)NC(=O)[C@H](CC(=O)O)NC(=O)[C@H](CO)NC1=O. The molecule has 0 fully saturated rings. The number of thioether (sulfide) groups is 1. The number of aliphatic carboxylic acids is 1. The van der Waals surface area contributed by atoms with Gasteiger partial charge >= 0.3 is 5.97 Å². The minimum atomic E-state index is -2.02. The number of phenolic OH excluding ortho intramolecular Hbond substituents is 1. The van der Waals surface area contributed by atoms with E-state index in [9.17, 15) is 58.8 Å². The van der Waals surface area contributed by atoms with Crippen LogP contribution >= 0.6 is 23.1 Å². The molecule has 0 bridgehead atoms. The second-order valence-electron chi connectivity index (χ2n) is 23.0. The molecule has 9 rings (SSSR count). The lowest BCUT2D eigenvalue weighted by Gasteiger charge is -2.28. The highest BCUT2D eigenvalue weighted by Gasteiger charge is 2.37. The van der Waals surface area contributed by atoms with Gasteiger partial charge in [0.15, 0.2) is 0 Å². The number of imidazole rings is 1. The number of phenols is 1. The van der Waals surface area contributed by atoms with Gasteiger partial charge in [0.1, 0.15) is 60.1 Å². The second-order valence-corrected chi connectivity index (χ2v) is 25.0. The van der Waals surface area contributed by atoms with Gasteiger partial charge in [-0.25, -0.2) is 4.98 Å². The number of carbonyl (C=O) groups excluding carboxylic acids is 10. The van der Waals surface area contributed by atoms with Gasteiger partial charge in [0.05, 0.1) is 35.7 Å². The highest BCUT2D eigenvalue weighted by atomic mass is 32.2. The summed E-state index contributed by atoms with van der Waals surface area (Å²) in [6, 6.07) is 7.11. The summed E-state index contributed by atoms with van der Waals surface area (Å²) in [5.41, 5.74) is 9.18. The Morgan fingerprint density at radius 2 is 1.11 bits per heavy atom. The van der Waals surface area contributed by atoms with Gasteiger partial charge in [-0.15, -0.1) is 23.1 Å². The molecule has 506 valence electrons. The number of hydrogen-bond acceptors (Lipinski definition) is 17. The summed E-state index contributed by atoms with van der Waals surface area (Å²) in [6.45, 7) is -0.745. The summed E-state index contributed by atoms with van der Waals surface area (Å²) >= 11 is 2.66. The number of hydrogen-bond donors (Lipinski definition) is 17. The first-order valence-electron chi connectivity index (χ1n) is 30.6. The maximum Gasteiger partial charge on any atom is 0.305 e. The molecule has 0 radical (unpaired) electrons. The van der Waals surface area contributed by atoms with E-state index in [1.165, 1.54) is 59.9 Å². The number of primary amides is 1. The number of nitrogens with two attached hydrogens (primary N) is 1. The number of carbonyl (C=O) groups is 11. The first-order valence-corrected chi connectivity index (χ1v) is 32.5. The van der Waals surface area contributed by atoms with Gasteiger partial charge in [-0.1, -0.05) is 48.5 Å². The third kappa shape index (κ3) is 18.2. The Hall–Kier alpha value is -10.6. The molecular formula is C64H73N15O15S2. The fourth-order valence-electron chi connectivity index (χ4n) is 11.1. The van der Waals surface area contributed by atoms with Gasteiger partial charge in [0.25, 0.3) is 0 Å². The molecule has 18 N–H and O–H groups in total. The van der Waals surface area contributed by atoms with E-state index < -0.39 is 139 Å². The van der Waals surface area contributed by atoms with Crippen LogP contribution in [0.5, 0.6) is 5.75 Å². The summed E-state index contributed by atoms with van der Waals surface area (Å²) in [5, 5.41) is 68.8. The Morgan fingerprint density at radius 1 is 0.604 bits per heavy atom. The van der Waals surface area contributed by atoms with Crippen molar-refractivity contribution in [2.75, 3.05) is 19.0 Å². The van der Waals surface area contributed by atoms with Crippen LogP contribution in [0.15, 0.2) is 120 Å². The van der Waals surface area contributed by atoms with Crippen LogP contribution in [0.2, 0.25) is 0 Å². The number of benzene rings is 3. The third-order valence-corrected chi connectivity index (χ3v) is 18.1. The van der Waals surface area contributed by atoms with Crippen LogP contribution in [0.3, 0.4) is 0 Å². The minimum absolute atomic E-state index is 0.00394. The zero-order valence-electron chi connectivity index (χ0n) is 51.7. The highest BCUT2D eigenvalue weighted by molar-refractivity contribution is 7.99. The fraction of sp³-hybridized carbons (Fsp3) is 0.344. The van der Waals surface area contributed by atoms with Crippen molar-refractivity contribution in [2.45, 2.75) is 124 Å². The van der Waals surface area contributed by atoms with Gasteiger partial charge in [-0.3, -0.25) is 52.7 Å². The topological polar surface area (TPSA) is 468 Å². The molecule has 1 aliphatic heterocycles. The van der Waals surface area contributed by atoms with Crippen molar-refractivity contribution in [3.63, 3.8) is 0 Å². The average molecular weight is 1360 g/mol. The summed E-state index contributed by atoms with van der Waals surface area (Å²) < 4.78 is 2.80. The van der Waals surface area contributed by atoms with Crippen LogP contribution in [0.1, 0.15) is 55.0 Å². The number of rotatable bonds is 14. The number of aryl methyl sites for hydroxylation is 1. The van der Waals surface area contributed by atoms with E-state index >= 15 is 14.4 Å². The van der Waals surface area contributed by atoms with Gasteiger partial charge in [0, 0.05) is 103 Å². The molecule has 32 heteroatoms. The monoisotopic (exact) mass is 1360 g/mol. The highest BCUT2D eigenvalue weighted by Crippen LogP contribution is 2.34. The maximum atomic E-state index is 15.2. The van der Waals surface area contributed by atoms with Gasteiger partial charge in [0.2, 0.25) is 59.1 Å². The lowest BCUT2D eigenvalue weighted by Crippen LogP contribution is -2.62. The molecule has 9 atom stereocenters. The Morgan fingerprint density at radius 3 is 1.66 bits per heavy atom. The zero-order chi connectivity index (χ0) is 68.6. The lowest BCUT2D eigenvalue weighted by atomic mass is 10.0. The van der Waals surface area contributed by atoms with Crippen LogP contribution < -0.4 is 53.6 Å². The molecule has 0 saturated carbocycles. The molecule has 8 aromatic rings. The number of nitrogens with one attached hydrogen (secondary N) is 12. The molecule has 1 aliphatic rings. The molecule has 10 amide bonds. The zero-order valence-corrected chi connectivity index (χ0v) is 53.4. The quantitative estimate of drug-likeness (QED) is 0.0663. The normalized spacial score (nSPS) is 22.3. The number of thiophene rings is 1.